The summed E-state index contributed by atoms with van der Waals surface area (Å²) in [6.07, 6.45) is 6.99. The predicted molar refractivity (Wildman–Crippen MR) is 76.0 cm³/mol. The van der Waals surface area contributed by atoms with Crippen LogP contribution in [0.4, 0.5) is 4.39 Å². The molecule has 1 aromatic carbocycles. The SMILES string of the molecule is CCCNC1CCCCCC1Oc1ccccc1F. The summed E-state index contributed by atoms with van der Waals surface area (Å²) in [7, 11) is 0. The van der Waals surface area contributed by atoms with E-state index in [1.165, 1.54) is 25.3 Å². The third kappa shape index (κ3) is 4.20. The second-order valence-corrected chi connectivity index (χ2v) is 5.29. The quantitative estimate of drug-likeness (QED) is 0.815. The van der Waals surface area contributed by atoms with Crippen LogP contribution < -0.4 is 10.1 Å². The molecule has 0 radical (unpaired) electrons. The minimum atomic E-state index is -0.263. The largest absolute Gasteiger partial charge is 0.486 e. The van der Waals surface area contributed by atoms with Gasteiger partial charge in [0.25, 0.3) is 0 Å². The molecule has 0 amide bonds. The van der Waals surface area contributed by atoms with Gasteiger partial charge in [0.1, 0.15) is 6.10 Å². The van der Waals surface area contributed by atoms with Gasteiger partial charge in [-0.2, -0.15) is 0 Å². The summed E-state index contributed by atoms with van der Waals surface area (Å²) >= 11 is 0. The summed E-state index contributed by atoms with van der Waals surface area (Å²) in [4.78, 5) is 0. The normalized spacial score (nSPS) is 23.9. The van der Waals surface area contributed by atoms with Crippen LogP contribution in [0.2, 0.25) is 0 Å². The summed E-state index contributed by atoms with van der Waals surface area (Å²) < 4.78 is 19.6. The molecule has 1 aromatic rings. The highest BCUT2D eigenvalue weighted by molar-refractivity contribution is 5.24. The van der Waals surface area contributed by atoms with Crippen LogP contribution in [0.3, 0.4) is 0 Å². The molecule has 2 rings (SSSR count). The van der Waals surface area contributed by atoms with Gasteiger partial charge in [0, 0.05) is 6.04 Å². The number of hydrogen-bond donors (Lipinski definition) is 1. The summed E-state index contributed by atoms with van der Waals surface area (Å²) in [5, 5.41) is 3.55. The molecule has 0 spiro atoms. The van der Waals surface area contributed by atoms with Gasteiger partial charge < -0.3 is 10.1 Å². The summed E-state index contributed by atoms with van der Waals surface area (Å²) in [5.41, 5.74) is 0. The Kier molecular flexibility index (Phi) is 5.64. The number of ether oxygens (including phenoxy) is 1. The van der Waals surface area contributed by atoms with Crippen molar-refractivity contribution in [1.82, 2.24) is 5.32 Å². The zero-order valence-corrected chi connectivity index (χ0v) is 11.7. The molecule has 1 N–H and O–H groups in total. The van der Waals surface area contributed by atoms with E-state index in [0.29, 0.717) is 11.8 Å². The maximum Gasteiger partial charge on any atom is 0.165 e. The van der Waals surface area contributed by atoms with E-state index in [1.54, 1.807) is 12.1 Å². The number of para-hydroxylation sites is 1. The molecule has 1 aliphatic carbocycles. The maximum atomic E-state index is 13.7. The number of benzene rings is 1. The molecule has 2 nitrogen and oxygen atoms in total. The summed E-state index contributed by atoms with van der Waals surface area (Å²) in [5.74, 6) is 0.124. The Hall–Kier alpha value is -1.09. The van der Waals surface area contributed by atoms with E-state index in [9.17, 15) is 4.39 Å². The van der Waals surface area contributed by atoms with Crippen molar-refractivity contribution in [2.75, 3.05) is 6.54 Å². The van der Waals surface area contributed by atoms with E-state index in [0.717, 1.165) is 25.8 Å². The van der Waals surface area contributed by atoms with Crippen LogP contribution in [0.15, 0.2) is 24.3 Å². The molecule has 0 bridgehead atoms. The molecule has 3 heteroatoms. The van der Waals surface area contributed by atoms with E-state index in [4.69, 9.17) is 4.74 Å². The second kappa shape index (κ2) is 7.49. The van der Waals surface area contributed by atoms with Crippen LogP contribution in [-0.2, 0) is 0 Å². The smallest absolute Gasteiger partial charge is 0.165 e. The molecular weight excluding hydrogens is 241 g/mol. The third-order valence-corrected chi connectivity index (χ3v) is 3.72. The van der Waals surface area contributed by atoms with Crippen molar-refractivity contribution in [3.63, 3.8) is 0 Å². The Morgan fingerprint density at radius 3 is 2.79 bits per heavy atom. The van der Waals surface area contributed by atoms with Crippen molar-refractivity contribution in [3.8, 4) is 5.75 Å². The monoisotopic (exact) mass is 265 g/mol. The van der Waals surface area contributed by atoms with Crippen LogP contribution in [0.25, 0.3) is 0 Å². The lowest BCUT2D eigenvalue weighted by Gasteiger charge is -2.27. The number of rotatable bonds is 5. The Labute approximate surface area is 115 Å². The van der Waals surface area contributed by atoms with Gasteiger partial charge in [0.05, 0.1) is 0 Å². The Balaban J connectivity index is 2.03. The number of nitrogens with one attached hydrogen (secondary N) is 1. The summed E-state index contributed by atoms with van der Waals surface area (Å²) in [6, 6.07) is 7.05. The zero-order valence-electron chi connectivity index (χ0n) is 11.7. The van der Waals surface area contributed by atoms with Crippen molar-refractivity contribution in [3.05, 3.63) is 30.1 Å². The second-order valence-electron chi connectivity index (χ2n) is 5.29. The predicted octanol–water partition coefficient (Wildman–Crippen LogP) is 3.91. The highest BCUT2D eigenvalue weighted by Crippen LogP contribution is 2.25. The molecular formula is C16H24FNO. The molecule has 0 heterocycles. The fourth-order valence-corrected chi connectivity index (χ4v) is 2.68. The van der Waals surface area contributed by atoms with Crippen LogP contribution in [-0.4, -0.2) is 18.7 Å². The topological polar surface area (TPSA) is 21.3 Å². The van der Waals surface area contributed by atoms with Gasteiger partial charge in [0.15, 0.2) is 11.6 Å². The average molecular weight is 265 g/mol. The van der Waals surface area contributed by atoms with Crippen molar-refractivity contribution >= 4 is 0 Å². The third-order valence-electron chi connectivity index (χ3n) is 3.72. The van der Waals surface area contributed by atoms with Gasteiger partial charge in [-0.3, -0.25) is 0 Å². The lowest BCUT2D eigenvalue weighted by atomic mass is 10.1. The first-order valence-corrected chi connectivity index (χ1v) is 7.46. The van der Waals surface area contributed by atoms with Gasteiger partial charge in [-0.05, 0) is 44.4 Å². The molecule has 0 saturated heterocycles. The highest BCUT2D eigenvalue weighted by atomic mass is 19.1. The van der Waals surface area contributed by atoms with Crippen LogP contribution in [0, 0.1) is 5.82 Å². The van der Waals surface area contributed by atoms with Gasteiger partial charge in [0.2, 0.25) is 0 Å². The molecule has 2 unspecified atom stereocenters. The van der Waals surface area contributed by atoms with Crippen molar-refractivity contribution in [2.24, 2.45) is 0 Å². The Morgan fingerprint density at radius 2 is 2.00 bits per heavy atom. The van der Waals surface area contributed by atoms with Crippen LogP contribution >= 0.6 is 0 Å². The Bertz CT molecular complexity index is 383. The van der Waals surface area contributed by atoms with Crippen molar-refractivity contribution < 1.29 is 9.13 Å². The molecule has 19 heavy (non-hydrogen) atoms. The average Bonchev–Trinajstić information content (AvgIpc) is 2.64. The first kappa shape index (κ1) is 14.3. The van der Waals surface area contributed by atoms with Crippen LogP contribution in [0.5, 0.6) is 5.75 Å². The molecule has 1 aliphatic rings. The van der Waals surface area contributed by atoms with E-state index in [2.05, 4.69) is 12.2 Å². The fourth-order valence-electron chi connectivity index (χ4n) is 2.68. The van der Waals surface area contributed by atoms with Gasteiger partial charge >= 0.3 is 0 Å². The zero-order chi connectivity index (χ0) is 13.5. The maximum absolute atomic E-state index is 13.7. The number of hydrogen-bond acceptors (Lipinski definition) is 2. The minimum absolute atomic E-state index is 0.0888. The van der Waals surface area contributed by atoms with Gasteiger partial charge in [-0.25, -0.2) is 4.39 Å². The van der Waals surface area contributed by atoms with Gasteiger partial charge in [-0.15, -0.1) is 0 Å². The molecule has 2 atom stereocenters. The van der Waals surface area contributed by atoms with Crippen LogP contribution in [0.1, 0.15) is 45.4 Å². The lowest BCUT2D eigenvalue weighted by Crippen LogP contribution is -2.42. The van der Waals surface area contributed by atoms with Gasteiger partial charge in [-0.1, -0.05) is 31.9 Å². The minimum Gasteiger partial charge on any atom is -0.486 e. The molecule has 1 saturated carbocycles. The molecule has 1 fully saturated rings. The van der Waals surface area contributed by atoms with E-state index < -0.39 is 0 Å². The molecule has 106 valence electrons. The van der Waals surface area contributed by atoms with E-state index in [1.807, 2.05) is 6.07 Å². The van der Waals surface area contributed by atoms with E-state index in [-0.39, 0.29) is 11.9 Å². The first-order chi connectivity index (χ1) is 9.31. The standard InChI is InChI=1S/C16H24FNO/c1-2-12-18-14-9-4-3-5-11-16(14)19-15-10-7-6-8-13(15)17/h6-8,10,14,16,18H,2-5,9,11-12H2,1H3. The first-order valence-electron chi connectivity index (χ1n) is 7.46. The number of halogens is 1. The fraction of sp³-hybridized carbons (Fsp3) is 0.625. The molecule has 0 aromatic heterocycles. The Morgan fingerprint density at radius 1 is 1.21 bits per heavy atom. The lowest BCUT2D eigenvalue weighted by molar-refractivity contribution is 0.139. The summed E-state index contributed by atoms with van der Waals surface area (Å²) in [6.45, 7) is 3.16. The van der Waals surface area contributed by atoms with Crippen molar-refractivity contribution in [1.29, 1.82) is 0 Å². The highest BCUT2D eigenvalue weighted by Gasteiger charge is 2.25. The van der Waals surface area contributed by atoms with E-state index >= 15 is 0 Å². The molecule has 0 aliphatic heterocycles. The van der Waals surface area contributed by atoms with Crippen molar-refractivity contribution in [2.45, 2.75) is 57.6 Å².